The van der Waals surface area contributed by atoms with Crippen molar-refractivity contribution in [1.29, 1.82) is 0 Å². The van der Waals surface area contributed by atoms with Crippen LogP contribution in [0.5, 0.6) is 0 Å². The number of amides is 2. The predicted octanol–water partition coefficient (Wildman–Crippen LogP) is 4.37. The molecule has 3 aromatic carbocycles. The molecule has 1 fully saturated rings. The molecule has 0 radical (unpaired) electrons. The minimum Gasteiger partial charge on any atom is -0.356 e. The SMILES string of the molecule is O=C(NCCCc1ccccc1)C1CCCN(C(=O)Cc2cccc3ccccc23)C1. The van der Waals surface area contributed by atoms with Gasteiger partial charge in [-0.15, -0.1) is 0 Å². The summed E-state index contributed by atoms with van der Waals surface area (Å²) in [6.07, 6.45) is 3.99. The zero-order valence-corrected chi connectivity index (χ0v) is 17.9. The van der Waals surface area contributed by atoms with E-state index in [2.05, 4.69) is 35.6 Å². The lowest BCUT2D eigenvalue weighted by molar-refractivity contribution is -0.135. The van der Waals surface area contributed by atoms with Crippen molar-refractivity contribution in [3.8, 4) is 0 Å². The summed E-state index contributed by atoms with van der Waals surface area (Å²) in [6, 6.07) is 24.6. The lowest BCUT2D eigenvalue weighted by Gasteiger charge is -2.32. The van der Waals surface area contributed by atoms with E-state index in [1.165, 1.54) is 5.56 Å². The molecule has 0 saturated carbocycles. The van der Waals surface area contributed by atoms with Gasteiger partial charge in [0.15, 0.2) is 0 Å². The highest BCUT2D eigenvalue weighted by Gasteiger charge is 2.28. The van der Waals surface area contributed by atoms with Crippen LogP contribution in [0.2, 0.25) is 0 Å². The van der Waals surface area contributed by atoms with Gasteiger partial charge in [0.05, 0.1) is 12.3 Å². The van der Waals surface area contributed by atoms with Crippen LogP contribution >= 0.6 is 0 Å². The zero-order chi connectivity index (χ0) is 21.5. The van der Waals surface area contributed by atoms with Crippen LogP contribution in [0.3, 0.4) is 0 Å². The Bertz CT molecular complexity index is 1030. The number of nitrogens with one attached hydrogen (secondary N) is 1. The zero-order valence-electron chi connectivity index (χ0n) is 17.9. The molecule has 1 saturated heterocycles. The van der Waals surface area contributed by atoms with E-state index in [0.29, 0.717) is 19.5 Å². The van der Waals surface area contributed by atoms with Crippen molar-refractivity contribution < 1.29 is 9.59 Å². The number of benzene rings is 3. The molecule has 1 aliphatic rings. The third-order valence-corrected chi connectivity index (χ3v) is 6.15. The number of aryl methyl sites for hydroxylation is 1. The maximum atomic E-state index is 13.0. The van der Waals surface area contributed by atoms with E-state index in [1.807, 2.05) is 47.4 Å². The van der Waals surface area contributed by atoms with Gasteiger partial charge in [-0.2, -0.15) is 0 Å². The maximum absolute atomic E-state index is 13.0. The lowest BCUT2D eigenvalue weighted by atomic mass is 9.95. The van der Waals surface area contributed by atoms with Crippen LogP contribution < -0.4 is 5.32 Å². The number of carbonyl (C=O) groups is 2. The minimum atomic E-state index is -0.109. The number of hydrogen-bond acceptors (Lipinski definition) is 2. The molecule has 4 heteroatoms. The highest BCUT2D eigenvalue weighted by atomic mass is 16.2. The Kier molecular flexibility index (Phi) is 6.98. The number of likely N-dealkylation sites (tertiary alicyclic amines) is 1. The molecule has 0 aliphatic carbocycles. The molecule has 3 aromatic rings. The number of fused-ring (bicyclic) bond motifs is 1. The molecule has 0 bridgehead atoms. The van der Waals surface area contributed by atoms with Crippen molar-refractivity contribution in [3.05, 3.63) is 83.9 Å². The Labute approximate surface area is 184 Å². The van der Waals surface area contributed by atoms with Crippen LogP contribution in [0.25, 0.3) is 10.8 Å². The van der Waals surface area contributed by atoms with Gasteiger partial charge < -0.3 is 10.2 Å². The van der Waals surface area contributed by atoms with Gasteiger partial charge in [-0.3, -0.25) is 9.59 Å². The van der Waals surface area contributed by atoms with Gasteiger partial charge in [0.2, 0.25) is 11.8 Å². The van der Waals surface area contributed by atoms with Gasteiger partial charge in [-0.05, 0) is 47.6 Å². The van der Waals surface area contributed by atoms with Gasteiger partial charge in [-0.25, -0.2) is 0 Å². The molecule has 0 spiro atoms. The van der Waals surface area contributed by atoms with Crippen LogP contribution in [0.1, 0.15) is 30.4 Å². The quantitative estimate of drug-likeness (QED) is 0.584. The van der Waals surface area contributed by atoms with Crippen LogP contribution in [0.4, 0.5) is 0 Å². The molecule has 4 rings (SSSR count). The van der Waals surface area contributed by atoms with E-state index >= 15 is 0 Å². The van der Waals surface area contributed by atoms with Crippen molar-refractivity contribution in [2.24, 2.45) is 5.92 Å². The maximum Gasteiger partial charge on any atom is 0.227 e. The van der Waals surface area contributed by atoms with E-state index in [1.54, 1.807) is 0 Å². The largest absolute Gasteiger partial charge is 0.356 e. The van der Waals surface area contributed by atoms with E-state index in [4.69, 9.17) is 0 Å². The van der Waals surface area contributed by atoms with E-state index in [9.17, 15) is 9.59 Å². The predicted molar refractivity (Wildman–Crippen MR) is 125 cm³/mol. The summed E-state index contributed by atoms with van der Waals surface area (Å²) in [5.41, 5.74) is 2.34. The molecule has 4 nitrogen and oxygen atoms in total. The van der Waals surface area contributed by atoms with Gasteiger partial charge in [0.25, 0.3) is 0 Å². The Morgan fingerprint density at radius 3 is 2.58 bits per heavy atom. The summed E-state index contributed by atoms with van der Waals surface area (Å²) in [6.45, 7) is 1.93. The second kappa shape index (κ2) is 10.3. The van der Waals surface area contributed by atoms with Crippen LogP contribution in [-0.4, -0.2) is 36.3 Å². The topological polar surface area (TPSA) is 49.4 Å². The third kappa shape index (κ3) is 5.52. The number of carbonyl (C=O) groups excluding carboxylic acids is 2. The van der Waals surface area contributed by atoms with Gasteiger partial charge in [0.1, 0.15) is 0 Å². The minimum absolute atomic E-state index is 0.0794. The first-order valence-corrected chi connectivity index (χ1v) is 11.3. The molecule has 160 valence electrons. The van der Waals surface area contributed by atoms with E-state index in [-0.39, 0.29) is 17.7 Å². The molecule has 1 aliphatic heterocycles. The average molecular weight is 415 g/mol. The average Bonchev–Trinajstić information content (AvgIpc) is 2.82. The fourth-order valence-corrected chi connectivity index (χ4v) is 4.43. The van der Waals surface area contributed by atoms with Crippen LogP contribution in [0.15, 0.2) is 72.8 Å². The van der Waals surface area contributed by atoms with Crippen LogP contribution in [0, 0.1) is 5.92 Å². The molecule has 1 heterocycles. The van der Waals surface area contributed by atoms with E-state index in [0.717, 1.165) is 48.6 Å². The summed E-state index contributed by atoms with van der Waals surface area (Å²) < 4.78 is 0. The number of hydrogen-bond donors (Lipinski definition) is 1. The molecule has 31 heavy (non-hydrogen) atoms. The third-order valence-electron chi connectivity index (χ3n) is 6.15. The second-order valence-electron chi connectivity index (χ2n) is 8.37. The van der Waals surface area contributed by atoms with Crippen molar-refractivity contribution in [2.75, 3.05) is 19.6 Å². The first-order valence-electron chi connectivity index (χ1n) is 11.3. The summed E-state index contributed by atoms with van der Waals surface area (Å²) in [5.74, 6) is 0.0793. The van der Waals surface area contributed by atoms with Crippen molar-refractivity contribution in [2.45, 2.75) is 32.1 Å². The second-order valence-corrected chi connectivity index (χ2v) is 8.37. The van der Waals surface area contributed by atoms with Gasteiger partial charge >= 0.3 is 0 Å². The number of rotatable bonds is 7. The van der Waals surface area contributed by atoms with Crippen molar-refractivity contribution >= 4 is 22.6 Å². The van der Waals surface area contributed by atoms with Crippen molar-refractivity contribution in [3.63, 3.8) is 0 Å². The molecule has 1 N–H and O–H groups in total. The summed E-state index contributed by atoms with van der Waals surface area (Å²) >= 11 is 0. The molecule has 0 aromatic heterocycles. The van der Waals surface area contributed by atoms with Crippen molar-refractivity contribution in [1.82, 2.24) is 10.2 Å². The fraction of sp³-hybridized carbons (Fsp3) is 0.333. The number of nitrogens with zero attached hydrogens (tertiary/aromatic N) is 1. The Morgan fingerprint density at radius 1 is 0.935 bits per heavy atom. The highest BCUT2D eigenvalue weighted by Crippen LogP contribution is 2.22. The van der Waals surface area contributed by atoms with Gasteiger partial charge in [-0.1, -0.05) is 72.8 Å². The number of piperidine rings is 1. The monoisotopic (exact) mass is 414 g/mol. The van der Waals surface area contributed by atoms with E-state index < -0.39 is 0 Å². The summed E-state index contributed by atoms with van der Waals surface area (Å²) in [4.78, 5) is 27.5. The summed E-state index contributed by atoms with van der Waals surface area (Å²) in [7, 11) is 0. The fourth-order valence-electron chi connectivity index (χ4n) is 4.43. The first-order chi connectivity index (χ1) is 15.2. The smallest absolute Gasteiger partial charge is 0.227 e. The normalized spacial score (nSPS) is 16.3. The molecular formula is C27H30N2O2. The standard InChI is InChI=1S/C27H30N2O2/c30-26(19-23-14-6-13-22-12-4-5-16-25(22)23)29-18-8-15-24(20-29)27(31)28-17-7-11-21-9-2-1-3-10-21/h1-6,9-10,12-14,16,24H,7-8,11,15,17-20H2,(H,28,31). The molecule has 1 atom stereocenters. The Hall–Kier alpha value is -3.14. The lowest BCUT2D eigenvalue weighted by Crippen LogP contribution is -2.46. The molecule has 2 amide bonds. The highest BCUT2D eigenvalue weighted by molar-refractivity contribution is 5.90. The van der Waals surface area contributed by atoms with Crippen LogP contribution in [-0.2, 0) is 22.4 Å². The Morgan fingerprint density at radius 2 is 1.71 bits per heavy atom. The summed E-state index contributed by atoms with van der Waals surface area (Å²) in [5, 5.41) is 5.36. The molecular weight excluding hydrogens is 384 g/mol. The van der Waals surface area contributed by atoms with Gasteiger partial charge in [0, 0.05) is 19.6 Å². The first kappa shape index (κ1) is 21.1. The molecule has 1 unspecified atom stereocenters. The Balaban J connectivity index is 1.28.